The predicted octanol–water partition coefficient (Wildman–Crippen LogP) is 3.12. The summed E-state index contributed by atoms with van der Waals surface area (Å²) in [7, 11) is 0. The Morgan fingerprint density at radius 3 is 2.89 bits per heavy atom. The van der Waals surface area contributed by atoms with Gasteiger partial charge in [0.15, 0.2) is 0 Å². The Kier molecular flexibility index (Phi) is 4.72. The molecular formula is C15H19N3O. The van der Waals surface area contributed by atoms with Crippen LogP contribution < -0.4 is 10.1 Å². The number of nitrogens with zero attached hydrogens (tertiary/aromatic N) is 2. The first-order valence-electron chi connectivity index (χ1n) is 6.45. The van der Waals surface area contributed by atoms with Gasteiger partial charge in [-0.05, 0) is 18.1 Å². The van der Waals surface area contributed by atoms with E-state index in [4.69, 9.17) is 4.74 Å². The van der Waals surface area contributed by atoms with Gasteiger partial charge in [0, 0.05) is 24.1 Å². The van der Waals surface area contributed by atoms with E-state index < -0.39 is 0 Å². The summed E-state index contributed by atoms with van der Waals surface area (Å²) < 4.78 is 5.69. The van der Waals surface area contributed by atoms with Gasteiger partial charge in [-0.2, -0.15) is 0 Å². The lowest BCUT2D eigenvalue weighted by Crippen LogP contribution is -2.05. The third kappa shape index (κ3) is 4.58. The van der Waals surface area contributed by atoms with Gasteiger partial charge in [-0.15, -0.1) is 0 Å². The van der Waals surface area contributed by atoms with Crippen LogP contribution in [0.25, 0.3) is 0 Å². The van der Waals surface area contributed by atoms with Crippen LogP contribution in [0.1, 0.15) is 19.5 Å². The SMILES string of the molecule is CC(C)COc1cccc(NCc2cnccn2)c1. The molecule has 1 aromatic carbocycles. The molecule has 1 heterocycles. The molecule has 0 unspecified atom stereocenters. The van der Waals surface area contributed by atoms with E-state index in [1.165, 1.54) is 0 Å². The van der Waals surface area contributed by atoms with Crippen molar-refractivity contribution in [2.24, 2.45) is 5.92 Å². The molecule has 2 aromatic rings. The smallest absolute Gasteiger partial charge is 0.121 e. The molecule has 0 spiro atoms. The molecule has 0 radical (unpaired) electrons. The highest BCUT2D eigenvalue weighted by Crippen LogP contribution is 2.18. The van der Waals surface area contributed by atoms with Crippen LogP contribution in [-0.2, 0) is 6.54 Å². The van der Waals surface area contributed by atoms with Crippen molar-refractivity contribution in [3.05, 3.63) is 48.5 Å². The molecule has 0 saturated heterocycles. The van der Waals surface area contributed by atoms with Crippen molar-refractivity contribution in [2.75, 3.05) is 11.9 Å². The summed E-state index contributed by atoms with van der Waals surface area (Å²) in [5.74, 6) is 1.41. The molecule has 100 valence electrons. The molecule has 2 rings (SSSR count). The zero-order chi connectivity index (χ0) is 13.5. The molecule has 1 N–H and O–H groups in total. The van der Waals surface area contributed by atoms with Crippen molar-refractivity contribution in [1.82, 2.24) is 9.97 Å². The minimum atomic E-state index is 0.524. The first kappa shape index (κ1) is 13.3. The second kappa shape index (κ2) is 6.73. The second-order valence-corrected chi connectivity index (χ2v) is 4.78. The van der Waals surface area contributed by atoms with E-state index in [2.05, 4.69) is 29.1 Å². The zero-order valence-electron chi connectivity index (χ0n) is 11.3. The second-order valence-electron chi connectivity index (χ2n) is 4.78. The Balaban J connectivity index is 1.91. The molecular weight excluding hydrogens is 238 g/mol. The standard InChI is InChI=1S/C15H19N3O/c1-12(2)11-19-15-5-3-4-13(8-15)18-10-14-9-16-6-7-17-14/h3-9,12,18H,10-11H2,1-2H3. The van der Waals surface area contributed by atoms with Gasteiger partial charge in [-0.1, -0.05) is 19.9 Å². The molecule has 0 fully saturated rings. The maximum atomic E-state index is 5.69. The molecule has 0 bridgehead atoms. The van der Waals surface area contributed by atoms with E-state index in [0.717, 1.165) is 23.7 Å². The monoisotopic (exact) mass is 257 g/mol. The van der Waals surface area contributed by atoms with Crippen LogP contribution in [0.4, 0.5) is 5.69 Å². The van der Waals surface area contributed by atoms with Crippen LogP contribution in [0.5, 0.6) is 5.75 Å². The lowest BCUT2D eigenvalue weighted by Gasteiger charge is -2.11. The van der Waals surface area contributed by atoms with Crippen LogP contribution in [0, 0.1) is 5.92 Å². The number of anilines is 1. The van der Waals surface area contributed by atoms with Gasteiger partial charge in [0.2, 0.25) is 0 Å². The summed E-state index contributed by atoms with van der Waals surface area (Å²) in [6.45, 7) is 5.65. The average molecular weight is 257 g/mol. The molecule has 0 amide bonds. The summed E-state index contributed by atoms with van der Waals surface area (Å²) >= 11 is 0. The van der Waals surface area contributed by atoms with Gasteiger partial charge < -0.3 is 10.1 Å². The summed E-state index contributed by atoms with van der Waals surface area (Å²) in [6.07, 6.45) is 5.12. The van der Waals surface area contributed by atoms with Gasteiger partial charge in [0.1, 0.15) is 5.75 Å². The van der Waals surface area contributed by atoms with E-state index >= 15 is 0 Å². The Labute approximate surface area is 113 Å². The van der Waals surface area contributed by atoms with Gasteiger partial charge in [0.25, 0.3) is 0 Å². The van der Waals surface area contributed by atoms with Gasteiger partial charge in [-0.3, -0.25) is 9.97 Å². The number of ether oxygens (including phenoxy) is 1. The first-order valence-corrected chi connectivity index (χ1v) is 6.45. The lowest BCUT2D eigenvalue weighted by atomic mass is 10.2. The van der Waals surface area contributed by atoms with E-state index in [0.29, 0.717) is 12.5 Å². The largest absolute Gasteiger partial charge is 0.493 e. The third-order valence-electron chi connectivity index (χ3n) is 2.51. The van der Waals surface area contributed by atoms with E-state index in [1.807, 2.05) is 24.3 Å². The predicted molar refractivity (Wildman–Crippen MR) is 76.1 cm³/mol. The van der Waals surface area contributed by atoms with Crippen LogP contribution >= 0.6 is 0 Å². The third-order valence-corrected chi connectivity index (χ3v) is 2.51. The molecule has 0 aliphatic heterocycles. The fourth-order valence-corrected chi connectivity index (χ4v) is 1.57. The van der Waals surface area contributed by atoms with E-state index in [1.54, 1.807) is 18.6 Å². The fourth-order valence-electron chi connectivity index (χ4n) is 1.57. The van der Waals surface area contributed by atoms with Crippen molar-refractivity contribution in [1.29, 1.82) is 0 Å². The van der Waals surface area contributed by atoms with Crippen molar-refractivity contribution in [2.45, 2.75) is 20.4 Å². The number of rotatable bonds is 6. The lowest BCUT2D eigenvalue weighted by molar-refractivity contribution is 0.271. The summed E-state index contributed by atoms with van der Waals surface area (Å²) in [5.41, 5.74) is 1.93. The van der Waals surface area contributed by atoms with Crippen molar-refractivity contribution in [3.8, 4) is 5.75 Å². The summed E-state index contributed by atoms with van der Waals surface area (Å²) in [4.78, 5) is 8.26. The van der Waals surface area contributed by atoms with Crippen LogP contribution in [0.15, 0.2) is 42.9 Å². The molecule has 0 saturated carbocycles. The van der Waals surface area contributed by atoms with Crippen molar-refractivity contribution < 1.29 is 4.74 Å². The van der Waals surface area contributed by atoms with Crippen LogP contribution in [-0.4, -0.2) is 16.6 Å². The Morgan fingerprint density at radius 1 is 1.26 bits per heavy atom. The topological polar surface area (TPSA) is 47.0 Å². The Hall–Kier alpha value is -2.10. The molecule has 19 heavy (non-hydrogen) atoms. The maximum absolute atomic E-state index is 5.69. The number of benzene rings is 1. The summed E-state index contributed by atoms with van der Waals surface area (Å²) in [6, 6.07) is 7.96. The quantitative estimate of drug-likeness (QED) is 0.863. The van der Waals surface area contributed by atoms with Crippen LogP contribution in [0.2, 0.25) is 0 Å². The minimum absolute atomic E-state index is 0.524. The first-order chi connectivity index (χ1) is 9.24. The van der Waals surface area contributed by atoms with Gasteiger partial charge in [-0.25, -0.2) is 0 Å². The van der Waals surface area contributed by atoms with Crippen molar-refractivity contribution >= 4 is 5.69 Å². The van der Waals surface area contributed by atoms with Crippen LogP contribution in [0.3, 0.4) is 0 Å². The van der Waals surface area contributed by atoms with Crippen molar-refractivity contribution in [3.63, 3.8) is 0 Å². The average Bonchev–Trinajstić information content (AvgIpc) is 2.44. The molecule has 4 heteroatoms. The number of nitrogens with one attached hydrogen (secondary N) is 1. The molecule has 1 aromatic heterocycles. The highest BCUT2D eigenvalue weighted by atomic mass is 16.5. The highest BCUT2D eigenvalue weighted by Gasteiger charge is 1.99. The Morgan fingerprint density at radius 2 is 2.16 bits per heavy atom. The Bertz CT molecular complexity index is 500. The maximum Gasteiger partial charge on any atom is 0.121 e. The fraction of sp³-hybridized carbons (Fsp3) is 0.333. The number of hydrogen-bond donors (Lipinski definition) is 1. The van der Waals surface area contributed by atoms with Gasteiger partial charge in [0.05, 0.1) is 25.0 Å². The minimum Gasteiger partial charge on any atom is -0.493 e. The molecule has 0 aliphatic carbocycles. The molecule has 0 aliphatic rings. The number of aromatic nitrogens is 2. The normalized spacial score (nSPS) is 10.5. The summed E-state index contributed by atoms with van der Waals surface area (Å²) in [5, 5.41) is 3.31. The number of hydrogen-bond acceptors (Lipinski definition) is 4. The van der Waals surface area contributed by atoms with E-state index in [-0.39, 0.29) is 0 Å². The zero-order valence-corrected chi connectivity index (χ0v) is 11.3. The highest BCUT2D eigenvalue weighted by molar-refractivity contribution is 5.48. The molecule has 0 atom stereocenters. The van der Waals surface area contributed by atoms with E-state index in [9.17, 15) is 0 Å². The molecule has 4 nitrogen and oxygen atoms in total. The van der Waals surface area contributed by atoms with Gasteiger partial charge >= 0.3 is 0 Å².